The van der Waals surface area contributed by atoms with Crippen LogP contribution in [0.15, 0.2) is 54.6 Å². The first kappa shape index (κ1) is 59.4. The van der Waals surface area contributed by atoms with Gasteiger partial charge in [0.25, 0.3) is 0 Å². The van der Waals surface area contributed by atoms with E-state index in [1.165, 1.54) is 270 Å². The summed E-state index contributed by atoms with van der Waals surface area (Å²) in [5.41, 5.74) is 9.85. The largest absolute Gasteiger partial charge is 0.0654 e. The van der Waals surface area contributed by atoms with E-state index in [2.05, 4.69) is 96.1 Å². The van der Waals surface area contributed by atoms with Gasteiger partial charge < -0.3 is 0 Å². The molecule has 3 rings (SSSR count). The van der Waals surface area contributed by atoms with Crippen molar-refractivity contribution in [3.63, 3.8) is 0 Å². The Kier molecular flexibility index (Phi) is 36.2. The maximum Gasteiger partial charge on any atom is -0.0119 e. The van der Waals surface area contributed by atoms with Crippen molar-refractivity contribution in [3.8, 4) is 0 Å². The minimum absolute atomic E-state index is 0.705. The molecule has 0 N–H and O–H groups in total. The summed E-state index contributed by atoms with van der Waals surface area (Å²) in [5.74, 6) is 0. The second-order valence-corrected chi connectivity index (χ2v) is 23.4. The van der Waals surface area contributed by atoms with Gasteiger partial charge in [0.05, 0.1) is 0 Å². The molecule has 0 heterocycles. The lowest BCUT2D eigenvalue weighted by Gasteiger charge is -2.28. The molecule has 67 heavy (non-hydrogen) atoms. The van der Waals surface area contributed by atoms with Crippen molar-refractivity contribution in [2.75, 3.05) is 0 Å². The van der Waals surface area contributed by atoms with Gasteiger partial charge in [0.1, 0.15) is 0 Å². The third kappa shape index (κ3) is 26.2. The minimum Gasteiger partial charge on any atom is -0.0654 e. The number of hydrogen-bond donors (Lipinski definition) is 0. The van der Waals surface area contributed by atoms with Gasteiger partial charge >= 0.3 is 0 Å². The van der Waals surface area contributed by atoms with E-state index in [4.69, 9.17) is 0 Å². The summed E-state index contributed by atoms with van der Waals surface area (Å²) < 4.78 is 0. The van der Waals surface area contributed by atoms with Crippen molar-refractivity contribution in [2.45, 2.75) is 311 Å². The van der Waals surface area contributed by atoms with Crippen LogP contribution in [0.2, 0.25) is 0 Å². The number of aryl methyl sites for hydroxylation is 6. The van der Waals surface area contributed by atoms with Crippen LogP contribution in [0.3, 0.4) is 0 Å². The molecule has 0 saturated heterocycles. The third-order valence-corrected chi connectivity index (χ3v) is 17.8. The summed E-state index contributed by atoms with van der Waals surface area (Å²) in [6, 6.07) is 24.1. The van der Waals surface area contributed by atoms with Crippen LogP contribution in [0.5, 0.6) is 0 Å². The SMILES string of the molecule is CCCCCCCCc1ccc(P(c2ccc(CCCCCCCC)cc2CCCCCCCC)c2ccc(CCCCCCCC)cc2CCCCCCCC)c(CCCCCCCC)c1. The lowest BCUT2D eigenvalue weighted by molar-refractivity contribution is 0.605. The van der Waals surface area contributed by atoms with Gasteiger partial charge in [-0.25, -0.2) is 0 Å². The zero-order chi connectivity index (χ0) is 47.8. The fraction of sp³-hybridized carbons (Fsp3) is 0.727. The summed E-state index contributed by atoms with van der Waals surface area (Å²) in [6.07, 6.45) is 56.7. The standard InChI is InChI=1S/C66H111P/c1-7-13-19-25-31-37-43-58-49-52-64(61(55-58)46-40-34-28-22-16-10-4)67(65-53-50-59(44-38-32-26-20-14-8-2)56-62(65)47-41-35-29-23-17-11-5)66-54-51-60(45-39-33-27-21-15-9-3)57-63(66)48-42-36-30-24-18-12-6/h49-57H,7-48H2,1-6H3. The lowest BCUT2D eigenvalue weighted by Crippen LogP contribution is -2.28. The molecule has 1 heteroatoms. The summed E-state index contributed by atoms with van der Waals surface area (Å²) in [5, 5.41) is 5.07. The van der Waals surface area contributed by atoms with E-state index < -0.39 is 7.92 Å². The Hall–Kier alpha value is -1.91. The van der Waals surface area contributed by atoms with Gasteiger partial charge in [-0.3, -0.25) is 0 Å². The molecule has 0 amide bonds. The fourth-order valence-corrected chi connectivity index (χ4v) is 13.5. The second kappa shape index (κ2) is 40.8. The summed E-state index contributed by atoms with van der Waals surface area (Å²) in [6.45, 7) is 14.1. The van der Waals surface area contributed by atoms with E-state index in [-0.39, 0.29) is 0 Å². The first-order chi connectivity index (χ1) is 33.1. The smallest absolute Gasteiger partial charge is 0.0119 e. The molecule has 380 valence electrons. The van der Waals surface area contributed by atoms with Crippen LogP contribution < -0.4 is 15.9 Å². The van der Waals surface area contributed by atoms with Crippen LogP contribution in [-0.2, 0) is 38.5 Å². The topological polar surface area (TPSA) is 0 Å². The Labute approximate surface area is 421 Å². The van der Waals surface area contributed by atoms with Crippen LogP contribution in [-0.4, -0.2) is 0 Å². The van der Waals surface area contributed by atoms with Crippen LogP contribution in [0.25, 0.3) is 0 Å². The molecule has 0 atom stereocenters. The quantitative estimate of drug-likeness (QED) is 0.0391. The van der Waals surface area contributed by atoms with Crippen molar-refractivity contribution in [1.82, 2.24) is 0 Å². The maximum atomic E-state index is 2.74. The molecule has 0 bridgehead atoms. The highest BCUT2D eigenvalue weighted by atomic mass is 31.1. The highest BCUT2D eigenvalue weighted by Crippen LogP contribution is 2.39. The first-order valence-corrected chi connectivity index (χ1v) is 31.6. The van der Waals surface area contributed by atoms with Gasteiger partial charge in [0, 0.05) is 0 Å². The number of benzene rings is 3. The Morgan fingerprint density at radius 1 is 0.224 bits per heavy atom. The van der Waals surface area contributed by atoms with Gasteiger partial charge in [-0.2, -0.15) is 0 Å². The number of rotatable bonds is 45. The monoisotopic (exact) mass is 935 g/mol. The molecule has 0 aliphatic rings. The van der Waals surface area contributed by atoms with Crippen LogP contribution >= 0.6 is 7.92 Å². The van der Waals surface area contributed by atoms with E-state index in [9.17, 15) is 0 Å². The predicted octanol–water partition coefficient (Wildman–Crippen LogP) is 20.9. The van der Waals surface area contributed by atoms with Crippen molar-refractivity contribution >= 4 is 23.8 Å². The minimum atomic E-state index is -0.705. The average Bonchev–Trinajstić information content (AvgIpc) is 3.34. The van der Waals surface area contributed by atoms with Crippen LogP contribution in [0.1, 0.15) is 306 Å². The Morgan fingerprint density at radius 3 is 0.642 bits per heavy atom. The summed E-state index contributed by atoms with van der Waals surface area (Å²) in [7, 11) is -0.705. The van der Waals surface area contributed by atoms with Crippen molar-refractivity contribution in [2.24, 2.45) is 0 Å². The fourth-order valence-electron chi connectivity index (χ4n) is 10.6. The van der Waals surface area contributed by atoms with Gasteiger partial charge in [0.15, 0.2) is 0 Å². The summed E-state index contributed by atoms with van der Waals surface area (Å²) in [4.78, 5) is 0. The average molecular weight is 936 g/mol. The van der Waals surface area contributed by atoms with Gasteiger partial charge in [-0.15, -0.1) is 0 Å². The molecule has 0 fully saturated rings. The lowest BCUT2D eigenvalue weighted by atomic mass is 9.99. The molecule has 0 saturated carbocycles. The van der Waals surface area contributed by atoms with Gasteiger partial charge in [0.2, 0.25) is 0 Å². The highest BCUT2D eigenvalue weighted by molar-refractivity contribution is 7.80. The maximum absolute atomic E-state index is 2.74. The molecule has 0 spiro atoms. The zero-order valence-corrected chi connectivity index (χ0v) is 46.7. The Morgan fingerprint density at radius 2 is 0.418 bits per heavy atom. The van der Waals surface area contributed by atoms with Crippen molar-refractivity contribution < 1.29 is 0 Å². The Balaban J connectivity index is 2.19. The molecule has 0 unspecified atom stereocenters. The number of unbranched alkanes of at least 4 members (excludes halogenated alkanes) is 30. The molecule has 0 aromatic heterocycles. The van der Waals surface area contributed by atoms with E-state index in [1.807, 2.05) is 0 Å². The molecule has 3 aromatic rings. The normalized spacial score (nSPS) is 11.7. The van der Waals surface area contributed by atoms with E-state index >= 15 is 0 Å². The van der Waals surface area contributed by atoms with Gasteiger partial charge in [-0.05, 0) is 134 Å². The molecule has 0 aliphatic carbocycles. The molecular formula is C66H111P. The van der Waals surface area contributed by atoms with Crippen LogP contribution in [0, 0.1) is 0 Å². The molecule has 0 radical (unpaired) electrons. The first-order valence-electron chi connectivity index (χ1n) is 30.2. The molecule has 0 nitrogen and oxygen atoms in total. The van der Waals surface area contributed by atoms with Crippen LogP contribution in [0.4, 0.5) is 0 Å². The molecule has 3 aromatic carbocycles. The highest BCUT2D eigenvalue weighted by Gasteiger charge is 2.25. The van der Waals surface area contributed by atoms with E-state index in [0.29, 0.717) is 0 Å². The Bertz CT molecular complexity index is 1410. The van der Waals surface area contributed by atoms with E-state index in [1.54, 1.807) is 49.3 Å². The number of hydrogen-bond acceptors (Lipinski definition) is 0. The van der Waals surface area contributed by atoms with Crippen molar-refractivity contribution in [1.29, 1.82) is 0 Å². The van der Waals surface area contributed by atoms with E-state index in [0.717, 1.165) is 0 Å². The molecular weight excluding hydrogens is 824 g/mol. The summed E-state index contributed by atoms with van der Waals surface area (Å²) >= 11 is 0. The second-order valence-electron chi connectivity index (χ2n) is 21.3. The van der Waals surface area contributed by atoms with Crippen molar-refractivity contribution in [3.05, 3.63) is 88.0 Å². The predicted molar refractivity (Wildman–Crippen MR) is 308 cm³/mol. The molecule has 0 aliphatic heterocycles. The van der Waals surface area contributed by atoms with Gasteiger partial charge in [-0.1, -0.05) is 289 Å². The zero-order valence-electron chi connectivity index (χ0n) is 45.8. The third-order valence-electron chi connectivity index (χ3n) is 15.0.